The van der Waals surface area contributed by atoms with E-state index in [1.807, 2.05) is 7.05 Å². The molecule has 104 valence electrons. The number of amides is 1. The number of carbonyl (C=O) groups excluding carboxylic acids is 1. The van der Waals surface area contributed by atoms with Crippen LogP contribution in [-0.4, -0.2) is 37.5 Å². The molecule has 5 heteroatoms. The Morgan fingerprint density at radius 3 is 2.79 bits per heavy atom. The molecular weight excluding hydrogens is 267 g/mol. The molecule has 0 unspecified atom stereocenters. The van der Waals surface area contributed by atoms with E-state index in [-0.39, 0.29) is 16.5 Å². The second-order valence-corrected chi connectivity index (χ2v) is 5.30. The van der Waals surface area contributed by atoms with Crippen molar-refractivity contribution in [3.63, 3.8) is 0 Å². The smallest absolute Gasteiger partial charge is 0.256 e. The van der Waals surface area contributed by atoms with E-state index >= 15 is 0 Å². The summed E-state index contributed by atoms with van der Waals surface area (Å²) >= 11 is 5.71. The lowest BCUT2D eigenvalue weighted by Crippen LogP contribution is -2.40. The summed E-state index contributed by atoms with van der Waals surface area (Å²) in [5, 5.41) is 3.15. The third-order valence-corrected chi connectivity index (χ3v) is 3.87. The number of likely N-dealkylation sites (tertiary alicyclic amines) is 1. The molecule has 19 heavy (non-hydrogen) atoms. The van der Waals surface area contributed by atoms with Gasteiger partial charge in [-0.25, -0.2) is 4.39 Å². The zero-order chi connectivity index (χ0) is 13.8. The van der Waals surface area contributed by atoms with Gasteiger partial charge in [-0.2, -0.15) is 0 Å². The first-order valence-electron chi connectivity index (χ1n) is 6.51. The Labute approximate surface area is 117 Å². The van der Waals surface area contributed by atoms with Gasteiger partial charge in [0, 0.05) is 13.1 Å². The van der Waals surface area contributed by atoms with Crippen LogP contribution in [0.1, 0.15) is 23.2 Å². The molecule has 0 saturated carbocycles. The lowest BCUT2D eigenvalue weighted by molar-refractivity contribution is 0.0686. The van der Waals surface area contributed by atoms with Crippen molar-refractivity contribution in [2.45, 2.75) is 12.8 Å². The topological polar surface area (TPSA) is 32.3 Å². The fourth-order valence-electron chi connectivity index (χ4n) is 2.47. The molecule has 1 heterocycles. The molecule has 3 nitrogen and oxygen atoms in total. The average Bonchev–Trinajstić information content (AvgIpc) is 2.42. The molecule has 1 fully saturated rings. The second kappa shape index (κ2) is 6.35. The standard InChI is InChI=1S/C14H18ClFN2O/c1-17-9-10-5-7-18(8-6-10)14(19)11-3-2-4-12(15)13(11)16/h2-4,10,17H,5-9H2,1H3. The quantitative estimate of drug-likeness (QED) is 0.925. The fraction of sp³-hybridized carbons (Fsp3) is 0.500. The Morgan fingerprint density at radius 1 is 1.47 bits per heavy atom. The van der Waals surface area contributed by atoms with Gasteiger partial charge in [0.05, 0.1) is 10.6 Å². The van der Waals surface area contributed by atoms with Crippen LogP contribution in [0.15, 0.2) is 18.2 Å². The van der Waals surface area contributed by atoms with E-state index in [4.69, 9.17) is 11.6 Å². The monoisotopic (exact) mass is 284 g/mol. The Morgan fingerprint density at radius 2 is 2.16 bits per heavy atom. The lowest BCUT2D eigenvalue weighted by Gasteiger charge is -2.32. The third kappa shape index (κ3) is 3.25. The Kier molecular flexibility index (Phi) is 4.77. The number of halogens is 2. The number of nitrogens with one attached hydrogen (secondary N) is 1. The molecule has 1 aromatic rings. The largest absolute Gasteiger partial charge is 0.339 e. The molecule has 1 aliphatic rings. The normalized spacial score (nSPS) is 16.7. The van der Waals surface area contributed by atoms with Crippen LogP contribution in [0.3, 0.4) is 0 Å². The summed E-state index contributed by atoms with van der Waals surface area (Å²) in [7, 11) is 1.93. The summed E-state index contributed by atoms with van der Waals surface area (Å²) < 4.78 is 13.8. The first-order chi connectivity index (χ1) is 9.13. The molecule has 2 rings (SSSR count). The van der Waals surface area contributed by atoms with Gasteiger partial charge in [0.15, 0.2) is 5.82 Å². The molecule has 0 bridgehead atoms. The van der Waals surface area contributed by atoms with Crippen molar-refractivity contribution < 1.29 is 9.18 Å². The van der Waals surface area contributed by atoms with Crippen LogP contribution in [0.5, 0.6) is 0 Å². The van der Waals surface area contributed by atoms with E-state index in [0.717, 1.165) is 19.4 Å². The molecule has 0 atom stereocenters. The minimum Gasteiger partial charge on any atom is -0.339 e. The number of rotatable bonds is 3. The number of piperidine rings is 1. The predicted molar refractivity (Wildman–Crippen MR) is 74.0 cm³/mol. The van der Waals surface area contributed by atoms with Crippen molar-refractivity contribution in [2.24, 2.45) is 5.92 Å². The highest BCUT2D eigenvalue weighted by molar-refractivity contribution is 6.31. The highest BCUT2D eigenvalue weighted by Gasteiger charge is 2.25. The maximum Gasteiger partial charge on any atom is 0.256 e. The minimum absolute atomic E-state index is 0.00378. The molecule has 1 saturated heterocycles. The lowest BCUT2D eigenvalue weighted by atomic mass is 9.96. The van der Waals surface area contributed by atoms with Crippen LogP contribution < -0.4 is 5.32 Å². The van der Waals surface area contributed by atoms with Gasteiger partial charge < -0.3 is 10.2 Å². The van der Waals surface area contributed by atoms with Gasteiger partial charge >= 0.3 is 0 Å². The summed E-state index contributed by atoms with van der Waals surface area (Å²) in [6.45, 7) is 2.32. The number of hydrogen-bond donors (Lipinski definition) is 1. The van der Waals surface area contributed by atoms with Crippen LogP contribution in [0.25, 0.3) is 0 Å². The number of carbonyl (C=O) groups is 1. The van der Waals surface area contributed by atoms with E-state index in [2.05, 4.69) is 5.32 Å². The predicted octanol–water partition coefficient (Wildman–Crippen LogP) is 2.55. The fourth-order valence-corrected chi connectivity index (χ4v) is 2.64. The number of benzene rings is 1. The SMILES string of the molecule is CNCC1CCN(C(=O)c2cccc(Cl)c2F)CC1. The first-order valence-corrected chi connectivity index (χ1v) is 6.89. The van der Waals surface area contributed by atoms with E-state index in [9.17, 15) is 9.18 Å². The van der Waals surface area contributed by atoms with Crippen LogP contribution in [0.2, 0.25) is 5.02 Å². The van der Waals surface area contributed by atoms with E-state index in [0.29, 0.717) is 19.0 Å². The summed E-state index contributed by atoms with van der Waals surface area (Å²) in [6, 6.07) is 4.54. The summed E-state index contributed by atoms with van der Waals surface area (Å²) in [6.07, 6.45) is 1.91. The molecule has 1 aliphatic heterocycles. The Bertz CT molecular complexity index is 459. The number of nitrogens with zero attached hydrogens (tertiary/aromatic N) is 1. The molecular formula is C14H18ClFN2O. The molecule has 1 amide bonds. The van der Waals surface area contributed by atoms with E-state index in [1.165, 1.54) is 12.1 Å². The zero-order valence-corrected chi connectivity index (χ0v) is 11.7. The molecule has 0 radical (unpaired) electrons. The van der Waals surface area contributed by atoms with Crippen molar-refractivity contribution in [1.29, 1.82) is 0 Å². The molecule has 0 aromatic heterocycles. The summed E-state index contributed by atoms with van der Waals surface area (Å²) in [5.74, 6) is -0.285. The van der Waals surface area contributed by atoms with Crippen LogP contribution in [0, 0.1) is 11.7 Å². The third-order valence-electron chi connectivity index (χ3n) is 3.58. The maximum absolute atomic E-state index is 13.8. The van der Waals surface area contributed by atoms with E-state index in [1.54, 1.807) is 11.0 Å². The van der Waals surface area contributed by atoms with Gasteiger partial charge in [0.2, 0.25) is 0 Å². The van der Waals surface area contributed by atoms with Crippen molar-refractivity contribution in [3.05, 3.63) is 34.6 Å². The van der Waals surface area contributed by atoms with Gasteiger partial charge in [-0.3, -0.25) is 4.79 Å². The van der Waals surface area contributed by atoms with Crippen LogP contribution in [0.4, 0.5) is 4.39 Å². The van der Waals surface area contributed by atoms with Crippen LogP contribution >= 0.6 is 11.6 Å². The highest BCUT2D eigenvalue weighted by Crippen LogP contribution is 2.22. The van der Waals surface area contributed by atoms with Gasteiger partial charge in [-0.1, -0.05) is 17.7 Å². The van der Waals surface area contributed by atoms with Gasteiger partial charge in [-0.05, 0) is 44.5 Å². The number of hydrogen-bond acceptors (Lipinski definition) is 2. The van der Waals surface area contributed by atoms with Gasteiger partial charge in [-0.15, -0.1) is 0 Å². The van der Waals surface area contributed by atoms with Gasteiger partial charge in [0.25, 0.3) is 5.91 Å². The average molecular weight is 285 g/mol. The van der Waals surface area contributed by atoms with Gasteiger partial charge in [0.1, 0.15) is 0 Å². The molecule has 0 aliphatic carbocycles. The minimum atomic E-state index is -0.619. The van der Waals surface area contributed by atoms with Crippen LogP contribution in [-0.2, 0) is 0 Å². The molecule has 1 aromatic carbocycles. The first kappa shape index (κ1) is 14.3. The zero-order valence-electron chi connectivity index (χ0n) is 11.0. The molecule has 0 spiro atoms. The second-order valence-electron chi connectivity index (χ2n) is 4.89. The highest BCUT2D eigenvalue weighted by atomic mass is 35.5. The van der Waals surface area contributed by atoms with Crippen molar-refractivity contribution in [1.82, 2.24) is 10.2 Å². The maximum atomic E-state index is 13.8. The summed E-state index contributed by atoms with van der Waals surface area (Å²) in [5.41, 5.74) is 0.0690. The summed E-state index contributed by atoms with van der Waals surface area (Å²) in [4.78, 5) is 14.0. The molecule has 1 N–H and O–H groups in total. The van der Waals surface area contributed by atoms with E-state index < -0.39 is 5.82 Å². The van der Waals surface area contributed by atoms with Crippen molar-refractivity contribution in [3.8, 4) is 0 Å². The van der Waals surface area contributed by atoms with Crippen molar-refractivity contribution >= 4 is 17.5 Å². The Hall–Kier alpha value is -1.13. The Balaban J connectivity index is 2.03. The van der Waals surface area contributed by atoms with Crippen molar-refractivity contribution in [2.75, 3.05) is 26.7 Å².